The van der Waals surface area contributed by atoms with Gasteiger partial charge in [-0.1, -0.05) is 12.1 Å². The average molecular weight is 250 g/mol. The van der Waals surface area contributed by atoms with Gasteiger partial charge >= 0.3 is 5.97 Å². The van der Waals surface area contributed by atoms with Crippen molar-refractivity contribution in [3.8, 4) is 0 Å². The highest BCUT2D eigenvalue weighted by Crippen LogP contribution is 2.22. The highest BCUT2D eigenvalue weighted by atomic mass is 32.1. The Bertz CT molecular complexity index is 491. The lowest BCUT2D eigenvalue weighted by atomic mass is 10.3. The zero-order valence-electron chi connectivity index (χ0n) is 9.59. The second kappa shape index (κ2) is 5.25. The predicted octanol–water partition coefficient (Wildman–Crippen LogP) is 2.20. The fourth-order valence-electron chi connectivity index (χ4n) is 1.58. The molecule has 0 saturated carbocycles. The lowest BCUT2D eigenvalue weighted by Crippen LogP contribution is -2.21. The molecule has 0 amide bonds. The van der Waals surface area contributed by atoms with E-state index in [1.165, 1.54) is 4.70 Å². The fourth-order valence-corrected chi connectivity index (χ4v) is 2.63. The van der Waals surface area contributed by atoms with Crippen LogP contribution in [0.4, 0.5) is 0 Å². The van der Waals surface area contributed by atoms with Gasteiger partial charge in [0.2, 0.25) is 0 Å². The number of nitrogens with zero attached hydrogens (tertiary/aromatic N) is 2. The van der Waals surface area contributed by atoms with Crippen LogP contribution in [0.25, 0.3) is 10.2 Å². The Kier molecular flexibility index (Phi) is 3.71. The summed E-state index contributed by atoms with van der Waals surface area (Å²) in [6.45, 7) is 1.25. The SMILES string of the molecule is CN(CCC(=O)O)Cc1nc2ccccc2s1. The quantitative estimate of drug-likeness (QED) is 0.884. The van der Waals surface area contributed by atoms with Crippen molar-refractivity contribution < 1.29 is 9.90 Å². The first-order valence-electron chi connectivity index (χ1n) is 5.40. The minimum Gasteiger partial charge on any atom is -0.481 e. The average Bonchev–Trinajstić information content (AvgIpc) is 2.68. The molecule has 0 unspecified atom stereocenters. The van der Waals surface area contributed by atoms with Crippen LogP contribution < -0.4 is 0 Å². The molecule has 0 aliphatic carbocycles. The molecular formula is C12H14N2O2S. The summed E-state index contributed by atoms with van der Waals surface area (Å²) in [6.07, 6.45) is 0.168. The number of aromatic nitrogens is 1. The highest BCUT2D eigenvalue weighted by molar-refractivity contribution is 7.18. The molecule has 1 N–H and O–H groups in total. The molecule has 0 aliphatic heterocycles. The Morgan fingerprint density at radius 1 is 1.47 bits per heavy atom. The Balaban J connectivity index is 2.00. The summed E-state index contributed by atoms with van der Waals surface area (Å²) in [5, 5.41) is 9.63. The molecule has 1 aromatic carbocycles. The van der Waals surface area contributed by atoms with Crippen molar-refractivity contribution in [2.24, 2.45) is 0 Å². The molecule has 0 aliphatic rings. The van der Waals surface area contributed by atoms with E-state index < -0.39 is 5.97 Å². The Labute approximate surface area is 104 Å². The van der Waals surface area contributed by atoms with E-state index in [1.807, 2.05) is 36.2 Å². The van der Waals surface area contributed by atoms with Crippen LogP contribution in [0.15, 0.2) is 24.3 Å². The number of rotatable bonds is 5. The van der Waals surface area contributed by atoms with E-state index in [0.717, 1.165) is 10.5 Å². The zero-order chi connectivity index (χ0) is 12.3. The van der Waals surface area contributed by atoms with E-state index in [2.05, 4.69) is 4.98 Å². The predicted molar refractivity (Wildman–Crippen MR) is 68.2 cm³/mol. The minimum absolute atomic E-state index is 0.168. The van der Waals surface area contributed by atoms with E-state index in [-0.39, 0.29) is 6.42 Å². The van der Waals surface area contributed by atoms with Crippen molar-refractivity contribution in [2.75, 3.05) is 13.6 Å². The van der Waals surface area contributed by atoms with E-state index in [4.69, 9.17) is 5.11 Å². The third kappa shape index (κ3) is 3.25. The third-order valence-electron chi connectivity index (χ3n) is 2.45. The van der Waals surface area contributed by atoms with Crippen LogP contribution in [-0.4, -0.2) is 34.6 Å². The number of para-hydroxylation sites is 1. The fraction of sp³-hybridized carbons (Fsp3) is 0.333. The lowest BCUT2D eigenvalue weighted by molar-refractivity contribution is -0.137. The normalized spacial score (nSPS) is 11.2. The van der Waals surface area contributed by atoms with Gasteiger partial charge in [0.05, 0.1) is 23.2 Å². The summed E-state index contributed by atoms with van der Waals surface area (Å²) in [5.74, 6) is -0.763. The second-order valence-corrected chi connectivity index (χ2v) is 5.07. The van der Waals surface area contributed by atoms with Gasteiger partial charge in [0.15, 0.2) is 0 Å². The number of carboxylic acids is 1. The molecule has 0 atom stereocenters. The molecule has 0 saturated heterocycles. The maximum absolute atomic E-state index is 10.5. The molecule has 0 spiro atoms. The summed E-state index contributed by atoms with van der Waals surface area (Å²) in [7, 11) is 1.91. The molecule has 4 nitrogen and oxygen atoms in total. The monoisotopic (exact) mass is 250 g/mol. The van der Waals surface area contributed by atoms with Crippen LogP contribution in [0.1, 0.15) is 11.4 Å². The summed E-state index contributed by atoms with van der Waals surface area (Å²) in [6, 6.07) is 8.01. The lowest BCUT2D eigenvalue weighted by Gasteiger charge is -2.12. The van der Waals surface area contributed by atoms with Crippen LogP contribution in [0.5, 0.6) is 0 Å². The third-order valence-corrected chi connectivity index (χ3v) is 3.47. The molecule has 2 rings (SSSR count). The van der Waals surface area contributed by atoms with Gasteiger partial charge in [-0.25, -0.2) is 4.98 Å². The maximum atomic E-state index is 10.5. The summed E-state index contributed by atoms with van der Waals surface area (Å²) in [5.41, 5.74) is 1.01. The Morgan fingerprint density at radius 2 is 2.24 bits per heavy atom. The molecule has 17 heavy (non-hydrogen) atoms. The number of benzene rings is 1. The summed E-state index contributed by atoms with van der Waals surface area (Å²) >= 11 is 1.66. The van der Waals surface area contributed by atoms with Crippen molar-refractivity contribution in [2.45, 2.75) is 13.0 Å². The van der Waals surface area contributed by atoms with Gasteiger partial charge in [0, 0.05) is 6.54 Å². The van der Waals surface area contributed by atoms with E-state index in [9.17, 15) is 4.79 Å². The van der Waals surface area contributed by atoms with Crippen molar-refractivity contribution >= 4 is 27.5 Å². The van der Waals surface area contributed by atoms with Gasteiger partial charge in [0.25, 0.3) is 0 Å². The number of aliphatic carboxylic acids is 1. The van der Waals surface area contributed by atoms with Crippen molar-refractivity contribution in [3.63, 3.8) is 0 Å². The number of hydrogen-bond acceptors (Lipinski definition) is 4. The smallest absolute Gasteiger partial charge is 0.304 e. The second-order valence-electron chi connectivity index (χ2n) is 3.96. The van der Waals surface area contributed by atoms with Gasteiger partial charge < -0.3 is 5.11 Å². The minimum atomic E-state index is -0.763. The van der Waals surface area contributed by atoms with Gasteiger partial charge in [-0.05, 0) is 19.2 Å². The largest absolute Gasteiger partial charge is 0.481 e. The van der Waals surface area contributed by atoms with Crippen LogP contribution >= 0.6 is 11.3 Å². The molecule has 1 heterocycles. The van der Waals surface area contributed by atoms with Crippen molar-refractivity contribution in [1.29, 1.82) is 0 Å². The van der Waals surface area contributed by atoms with E-state index in [1.54, 1.807) is 11.3 Å². The number of fused-ring (bicyclic) bond motifs is 1. The van der Waals surface area contributed by atoms with Gasteiger partial charge in [-0.2, -0.15) is 0 Å². The van der Waals surface area contributed by atoms with Crippen LogP contribution in [0, 0.1) is 0 Å². The molecule has 90 valence electrons. The topological polar surface area (TPSA) is 53.4 Å². The summed E-state index contributed by atoms with van der Waals surface area (Å²) < 4.78 is 1.18. The first-order chi connectivity index (χ1) is 8.15. The van der Waals surface area contributed by atoms with Crippen LogP contribution in [0.3, 0.4) is 0 Å². The highest BCUT2D eigenvalue weighted by Gasteiger charge is 2.07. The summed E-state index contributed by atoms with van der Waals surface area (Å²) in [4.78, 5) is 16.9. The zero-order valence-corrected chi connectivity index (χ0v) is 10.4. The Morgan fingerprint density at radius 3 is 2.94 bits per heavy atom. The molecule has 0 fully saturated rings. The van der Waals surface area contributed by atoms with Crippen molar-refractivity contribution in [3.05, 3.63) is 29.3 Å². The number of carboxylic acid groups (broad SMARTS) is 1. The van der Waals surface area contributed by atoms with Crippen LogP contribution in [0.2, 0.25) is 0 Å². The van der Waals surface area contributed by atoms with Gasteiger partial charge in [-0.15, -0.1) is 11.3 Å². The first-order valence-corrected chi connectivity index (χ1v) is 6.21. The van der Waals surface area contributed by atoms with E-state index in [0.29, 0.717) is 13.1 Å². The molecular weight excluding hydrogens is 236 g/mol. The van der Waals surface area contributed by atoms with E-state index >= 15 is 0 Å². The molecule has 1 aromatic heterocycles. The first kappa shape index (κ1) is 12.0. The molecule has 0 bridgehead atoms. The Hall–Kier alpha value is -1.46. The van der Waals surface area contributed by atoms with Gasteiger partial charge in [0.1, 0.15) is 5.01 Å². The molecule has 5 heteroatoms. The van der Waals surface area contributed by atoms with Crippen molar-refractivity contribution in [1.82, 2.24) is 9.88 Å². The van der Waals surface area contributed by atoms with Crippen LogP contribution in [-0.2, 0) is 11.3 Å². The number of thiazole rings is 1. The maximum Gasteiger partial charge on any atom is 0.304 e. The number of hydrogen-bond donors (Lipinski definition) is 1. The molecule has 0 radical (unpaired) electrons. The standard InChI is InChI=1S/C12H14N2O2S/c1-14(7-6-12(15)16)8-11-13-9-4-2-3-5-10(9)17-11/h2-5H,6-8H2,1H3,(H,15,16). The molecule has 2 aromatic rings. The van der Waals surface area contributed by atoms with Gasteiger partial charge in [-0.3, -0.25) is 9.69 Å². The number of carbonyl (C=O) groups is 1.